The van der Waals surface area contributed by atoms with Crippen molar-refractivity contribution in [3.05, 3.63) is 33.8 Å². The second-order valence-corrected chi connectivity index (χ2v) is 5.75. The van der Waals surface area contributed by atoms with E-state index in [2.05, 4.69) is 0 Å². The first kappa shape index (κ1) is 14.6. The van der Waals surface area contributed by atoms with Gasteiger partial charge in [0.25, 0.3) is 0 Å². The predicted molar refractivity (Wildman–Crippen MR) is 76.8 cm³/mol. The summed E-state index contributed by atoms with van der Waals surface area (Å²) < 4.78 is 0. The highest BCUT2D eigenvalue weighted by atomic mass is 35.5. The maximum absolute atomic E-state index is 11.4. The third-order valence-corrected chi connectivity index (χ3v) is 4.13. The molecule has 1 aromatic rings. The molecule has 1 heterocycles. The minimum Gasteiger partial charge on any atom is -0.480 e. The predicted octanol–water partition coefficient (Wildman–Crippen LogP) is 3.82. The molecule has 0 spiro atoms. The van der Waals surface area contributed by atoms with E-state index < -0.39 is 12.0 Å². The summed E-state index contributed by atoms with van der Waals surface area (Å²) in [5.41, 5.74) is 0.891. The first-order valence-electron chi connectivity index (χ1n) is 6.48. The lowest BCUT2D eigenvalue weighted by Crippen LogP contribution is -2.40. The van der Waals surface area contributed by atoms with Crippen molar-refractivity contribution < 1.29 is 9.90 Å². The van der Waals surface area contributed by atoms with Crippen molar-refractivity contribution in [2.75, 3.05) is 6.54 Å². The fraction of sp³-hybridized carbons (Fsp3) is 0.500. The summed E-state index contributed by atoms with van der Waals surface area (Å²) in [6.45, 7) is 1.33. The Morgan fingerprint density at radius 1 is 1.32 bits per heavy atom. The van der Waals surface area contributed by atoms with Crippen molar-refractivity contribution >= 4 is 29.2 Å². The van der Waals surface area contributed by atoms with Crippen LogP contribution in [0.1, 0.15) is 31.2 Å². The quantitative estimate of drug-likeness (QED) is 0.922. The number of hydrogen-bond acceptors (Lipinski definition) is 2. The maximum atomic E-state index is 11.4. The summed E-state index contributed by atoms with van der Waals surface area (Å²) in [6.07, 6.45) is 3.79. The molecule has 104 valence electrons. The molecule has 0 amide bonds. The topological polar surface area (TPSA) is 40.5 Å². The van der Waals surface area contributed by atoms with Crippen LogP contribution in [0.5, 0.6) is 0 Å². The van der Waals surface area contributed by atoms with Gasteiger partial charge in [0.2, 0.25) is 0 Å². The number of rotatable bonds is 3. The highest BCUT2D eigenvalue weighted by molar-refractivity contribution is 6.33. The molecule has 0 aromatic heterocycles. The van der Waals surface area contributed by atoms with Crippen LogP contribution in [0.25, 0.3) is 0 Å². The van der Waals surface area contributed by atoms with Gasteiger partial charge in [0.05, 0.1) is 0 Å². The van der Waals surface area contributed by atoms with E-state index in [0.29, 0.717) is 23.0 Å². The van der Waals surface area contributed by atoms with Crippen LogP contribution in [0.15, 0.2) is 18.2 Å². The zero-order valence-corrected chi connectivity index (χ0v) is 12.1. The second-order valence-electron chi connectivity index (χ2n) is 4.91. The highest BCUT2D eigenvalue weighted by Crippen LogP contribution is 2.25. The highest BCUT2D eigenvalue weighted by Gasteiger charge is 2.27. The Bertz CT molecular complexity index is 465. The van der Waals surface area contributed by atoms with E-state index in [9.17, 15) is 9.90 Å². The molecular weight excluding hydrogens is 285 g/mol. The van der Waals surface area contributed by atoms with Crippen molar-refractivity contribution in [1.29, 1.82) is 0 Å². The molecule has 1 aromatic carbocycles. The number of hydrogen-bond donors (Lipinski definition) is 1. The van der Waals surface area contributed by atoms with Crippen molar-refractivity contribution in [2.24, 2.45) is 0 Å². The summed E-state index contributed by atoms with van der Waals surface area (Å²) in [5.74, 6) is -0.750. The average molecular weight is 302 g/mol. The molecule has 1 unspecified atom stereocenters. The second kappa shape index (κ2) is 6.60. The molecule has 2 rings (SSSR count). The van der Waals surface area contributed by atoms with Crippen molar-refractivity contribution in [3.8, 4) is 0 Å². The zero-order chi connectivity index (χ0) is 13.8. The Morgan fingerprint density at radius 2 is 2.11 bits per heavy atom. The Hall–Kier alpha value is -0.770. The van der Waals surface area contributed by atoms with E-state index >= 15 is 0 Å². The van der Waals surface area contributed by atoms with E-state index in [-0.39, 0.29) is 0 Å². The lowest BCUT2D eigenvalue weighted by Gasteiger charge is -2.27. The Morgan fingerprint density at radius 3 is 2.84 bits per heavy atom. The van der Waals surface area contributed by atoms with Crippen LogP contribution in [0.3, 0.4) is 0 Å². The minimum atomic E-state index is -0.750. The van der Waals surface area contributed by atoms with Gasteiger partial charge in [-0.15, -0.1) is 0 Å². The van der Waals surface area contributed by atoms with Crippen LogP contribution in [-0.4, -0.2) is 28.6 Å². The molecule has 1 atom stereocenters. The molecule has 0 radical (unpaired) electrons. The fourth-order valence-electron chi connectivity index (χ4n) is 2.52. The average Bonchev–Trinajstić information content (AvgIpc) is 2.59. The third kappa shape index (κ3) is 3.85. The first-order chi connectivity index (χ1) is 9.08. The van der Waals surface area contributed by atoms with E-state index in [1.807, 2.05) is 11.0 Å². The molecule has 3 nitrogen and oxygen atoms in total. The van der Waals surface area contributed by atoms with Gasteiger partial charge in [-0.1, -0.05) is 36.0 Å². The molecule has 1 aliphatic heterocycles. The van der Waals surface area contributed by atoms with E-state index in [1.54, 1.807) is 12.1 Å². The fourth-order valence-corrected chi connectivity index (χ4v) is 2.89. The summed E-state index contributed by atoms with van der Waals surface area (Å²) in [6, 6.07) is 4.89. The molecule has 0 saturated carbocycles. The molecule has 1 aliphatic rings. The molecular formula is C14H17Cl2NO2. The van der Waals surface area contributed by atoms with E-state index in [4.69, 9.17) is 23.2 Å². The number of benzene rings is 1. The summed E-state index contributed by atoms with van der Waals surface area (Å²) in [4.78, 5) is 13.4. The third-order valence-electron chi connectivity index (χ3n) is 3.53. The lowest BCUT2D eigenvalue weighted by atomic mass is 10.1. The molecule has 0 aliphatic carbocycles. The molecule has 1 N–H and O–H groups in total. The van der Waals surface area contributed by atoms with Gasteiger partial charge < -0.3 is 5.11 Å². The number of aliphatic carboxylic acids is 1. The van der Waals surface area contributed by atoms with Crippen LogP contribution in [0, 0.1) is 0 Å². The number of halogens is 2. The normalized spacial score (nSPS) is 21.1. The molecule has 1 saturated heterocycles. The van der Waals surface area contributed by atoms with E-state index in [0.717, 1.165) is 31.4 Å². The zero-order valence-electron chi connectivity index (χ0n) is 10.6. The Labute approximate surface area is 123 Å². The largest absolute Gasteiger partial charge is 0.480 e. The van der Waals surface area contributed by atoms with Gasteiger partial charge in [-0.05, 0) is 43.1 Å². The molecule has 0 bridgehead atoms. The minimum absolute atomic E-state index is 0.419. The van der Waals surface area contributed by atoms with Gasteiger partial charge in [0, 0.05) is 16.6 Å². The molecule has 19 heavy (non-hydrogen) atoms. The van der Waals surface area contributed by atoms with Gasteiger partial charge in [0.15, 0.2) is 0 Å². The van der Waals surface area contributed by atoms with Crippen LogP contribution in [-0.2, 0) is 11.3 Å². The Kier molecular flexibility index (Phi) is 5.08. The molecule has 5 heteroatoms. The lowest BCUT2D eigenvalue weighted by molar-refractivity contribution is -0.143. The number of carboxylic acid groups (broad SMARTS) is 1. The van der Waals surface area contributed by atoms with Crippen LogP contribution in [0.4, 0.5) is 0 Å². The summed E-state index contributed by atoms with van der Waals surface area (Å²) in [5, 5.41) is 10.6. The number of nitrogens with zero attached hydrogens (tertiary/aromatic N) is 1. The van der Waals surface area contributed by atoms with Crippen LogP contribution >= 0.6 is 23.2 Å². The maximum Gasteiger partial charge on any atom is 0.320 e. The number of carbonyl (C=O) groups is 1. The van der Waals surface area contributed by atoms with Gasteiger partial charge in [-0.25, -0.2) is 0 Å². The summed E-state index contributed by atoms with van der Waals surface area (Å²) >= 11 is 12.1. The monoisotopic (exact) mass is 301 g/mol. The van der Waals surface area contributed by atoms with E-state index in [1.165, 1.54) is 0 Å². The first-order valence-corrected chi connectivity index (χ1v) is 7.24. The van der Waals surface area contributed by atoms with Gasteiger partial charge in [-0.2, -0.15) is 0 Å². The Balaban J connectivity index is 2.18. The number of carboxylic acids is 1. The number of likely N-dealkylation sites (tertiary alicyclic amines) is 1. The summed E-state index contributed by atoms with van der Waals surface area (Å²) in [7, 11) is 0. The van der Waals surface area contributed by atoms with Crippen LogP contribution in [0.2, 0.25) is 10.0 Å². The van der Waals surface area contributed by atoms with Gasteiger partial charge in [0.1, 0.15) is 6.04 Å². The van der Waals surface area contributed by atoms with Crippen molar-refractivity contribution in [3.63, 3.8) is 0 Å². The van der Waals surface area contributed by atoms with Crippen molar-refractivity contribution in [2.45, 2.75) is 38.3 Å². The molecule has 1 fully saturated rings. The smallest absolute Gasteiger partial charge is 0.320 e. The van der Waals surface area contributed by atoms with Gasteiger partial charge in [-0.3, -0.25) is 9.69 Å². The SMILES string of the molecule is O=C(O)C1CCCCCN1Cc1cc(Cl)ccc1Cl. The van der Waals surface area contributed by atoms with Crippen LogP contribution < -0.4 is 0 Å². The van der Waals surface area contributed by atoms with Gasteiger partial charge >= 0.3 is 5.97 Å². The van der Waals surface area contributed by atoms with Crippen molar-refractivity contribution in [1.82, 2.24) is 4.90 Å². The standard InChI is InChI=1S/C14H17Cl2NO2/c15-11-5-6-12(16)10(8-11)9-17-7-3-1-2-4-13(17)14(18)19/h5-6,8,13H,1-4,7,9H2,(H,18,19).